The molecule has 1 fully saturated rings. The van der Waals surface area contributed by atoms with E-state index in [2.05, 4.69) is 36.1 Å². The van der Waals surface area contributed by atoms with E-state index in [0.717, 1.165) is 55.2 Å². The van der Waals surface area contributed by atoms with Crippen molar-refractivity contribution in [1.82, 2.24) is 25.1 Å². The van der Waals surface area contributed by atoms with Crippen LogP contribution < -0.4 is 10.6 Å². The van der Waals surface area contributed by atoms with Gasteiger partial charge in [-0.05, 0) is 36.2 Å². The van der Waals surface area contributed by atoms with Crippen LogP contribution in [0.1, 0.15) is 18.0 Å². The summed E-state index contributed by atoms with van der Waals surface area (Å²) in [5.74, 6) is 0.548. The highest BCUT2D eigenvalue weighted by molar-refractivity contribution is 5.79. The lowest BCUT2D eigenvalue weighted by molar-refractivity contribution is 0.0170. The third kappa shape index (κ3) is 5.63. The molecule has 170 valence electrons. The number of benzene rings is 2. The zero-order valence-corrected chi connectivity index (χ0v) is 18.5. The number of halogens is 1. The van der Waals surface area contributed by atoms with Crippen molar-refractivity contribution in [2.75, 3.05) is 46.4 Å². The summed E-state index contributed by atoms with van der Waals surface area (Å²) in [7, 11) is 1.78. The highest BCUT2D eigenvalue weighted by Gasteiger charge is 2.23. The van der Waals surface area contributed by atoms with Crippen molar-refractivity contribution in [1.29, 1.82) is 0 Å². The molecule has 1 unspecified atom stereocenters. The molecule has 2 aromatic carbocycles. The summed E-state index contributed by atoms with van der Waals surface area (Å²) in [6.45, 7) is 5.50. The minimum atomic E-state index is -0.217. The van der Waals surface area contributed by atoms with E-state index >= 15 is 0 Å². The van der Waals surface area contributed by atoms with Gasteiger partial charge in [0, 0.05) is 39.8 Å². The standard InChI is InChI=1S/C24H31FN6O/c1-26-24(27-11-4-12-31-18-29-21-5-2-3-6-22(21)31)28-17-23(30-13-15-32-16-14-30)19-7-9-20(25)10-8-19/h2-3,5-10,18,23H,4,11-17H2,1H3,(H2,26,27,28). The Bertz CT molecular complexity index is 1010. The minimum absolute atomic E-state index is 0.121. The van der Waals surface area contributed by atoms with Crippen LogP contribution in [0.15, 0.2) is 59.9 Å². The third-order valence-corrected chi connectivity index (χ3v) is 5.82. The molecule has 3 aromatic rings. The van der Waals surface area contributed by atoms with Crippen LogP contribution in [-0.2, 0) is 11.3 Å². The molecule has 0 radical (unpaired) electrons. The van der Waals surface area contributed by atoms with Gasteiger partial charge in [-0.3, -0.25) is 9.89 Å². The number of aliphatic imine (C=N–C) groups is 1. The second-order valence-electron chi connectivity index (χ2n) is 7.88. The molecule has 32 heavy (non-hydrogen) atoms. The predicted octanol–water partition coefficient (Wildman–Crippen LogP) is 2.80. The number of aryl methyl sites for hydroxylation is 1. The van der Waals surface area contributed by atoms with E-state index in [-0.39, 0.29) is 11.9 Å². The van der Waals surface area contributed by atoms with Crippen molar-refractivity contribution in [2.45, 2.75) is 19.0 Å². The summed E-state index contributed by atoms with van der Waals surface area (Å²) in [6.07, 6.45) is 2.85. The van der Waals surface area contributed by atoms with Gasteiger partial charge >= 0.3 is 0 Å². The first-order valence-corrected chi connectivity index (χ1v) is 11.2. The van der Waals surface area contributed by atoms with Gasteiger partial charge in [-0.2, -0.15) is 0 Å². The lowest BCUT2D eigenvalue weighted by atomic mass is 10.0. The molecule has 8 heteroatoms. The van der Waals surface area contributed by atoms with E-state index < -0.39 is 0 Å². The first kappa shape index (κ1) is 22.2. The van der Waals surface area contributed by atoms with Gasteiger partial charge < -0.3 is 19.9 Å². The molecular weight excluding hydrogens is 407 g/mol. The summed E-state index contributed by atoms with van der Waals surface area (Å²) in [5.41, 5.74) is 3.26. The van der Waals surface area contributed by atoms with Crippen molar-refractivity contribution in [3.05, 3.63) is 66.2 Å². The molecule has 1 aromatic heterocycles. The molecule has 2 N–H and O–H groups in total. The van der Waals surface area contributed by atoms with E-state index in [1.807, 2.05) is 36.7 Å². The van der Waals surface area contributed by atoms with Crippen LogP contribution in [0.4, 0.5) is 4.39 Å². The number of morpholine rings is 1. The average Bonchev–Trinajstić information content (AvgIpc) is 3.25. The smallest absolute Gasteiger partial charge is 0.191 e. The number of para-hydroxylation sites is 2. The maximum absolute atomic E-state index is 13.4. The first-order chi connectivity index (χ1) is 15.7. The van der Waals surface area contributed by atoms with Gasteiger partial charge in [-0.25, -0.2) is 9.37 Å². The Labute approximate surface area is 188 Å². The quantitative estimate of drug-likeness (QED) is 0.322. The van der Waals surface area contributed by atoms with Crippen molar-refractivity contribution >= 4 is 17.0 Å². The highest BCUT2D eigenvalue weighted by atomic mass is 19.1. The number of imidazole rings is 1. The number of hydrogen-bond acceptors (Lipinski definition) is 4. The van der Waals surface area contributed by atoms with Crippen LogP contribution in [0.2, 0.25) is 0 Å². The molecule has 1 atom stereocenters. The summed E-state index contributed by atoms with van der Waals surface area (Å²) < 4.78 is 21.1. The van der Waals surface area contributed by atoms with Crippen molar-refractivity contribution in [2.24, 2.45) is 4.99 Å². The number of guanidine groups is 1. The van der Waals surface area contributed by atoms with Gasteiger partial charge in [0.1, 0.15) is 5.82 Å². The van der Waals surface area contributed by atoms with Crippen LogP contribution in [0.3, 0.4) is 0 Å². The minimum Gasteiger partial charge on any atom is -0.379 e. The third-order valence-electron chi connectivity index (χ3n) is 5.82. The molecule has 0 spiro atoms. The Hall–Kier alpha value is -2.97. The Balaban J connectivity index is 1.29. The number of ether oxygens (including phenoxy) is 1. The van der Waals surface area contributed by atoms with Crippen molar-refractivity contribution in [3.8, 4) is 0 Å². The van der Waals surface area contributed by atoms with Gasteiger partial charge in [0.25, 0.3) is 0 Å². The monoisotopic (exact) mass is 438 g/mol. The topological polar surface area (TPSA) is 66.7 Å². The van der Waals surface area contributed by atoms with Crippen LogP contribution >= 0.6 is 0 Å². The summed E-state index contributed by atoms with van der Waals surface area (Å²) in [6, 6.07) is 15.1. The van der Waals surface area contributed by atoms with E-state index in [9.17, 15) is 4.39 Å². The molecule has 7 nitrogen and oxygen atoms in total. The zero-order valence-electron chi connectivity index (χ0n) is 18.5. The van der Waals surface area contributed by atoms with E-state index in [0.29, 0.717) is 19.8 Å². The van der Waals surface area contributed by atoms with Crippen LogP contribution in [-0.4, -0.2) is 66.9 Å². The lowest BCUT2D eigenvalue weighted by Gasteiger charge is -2.35. The van der Waals surface area contributed by atoms with Crippen LogP contribution in [0, 0.1) is 5.82 Å². The van der Waals surface area contributed by atoms with Gasteiger partial charge in [-0.1, -0.05) is 24.3 Å². The number of aromatic nitrogens is 2. The SMILES string of the molecule is CN=C(NCCCn1cnc2ccccc21)NCC(c1ccc(F)cc1)N1CCOCC1. The number of rotatable bonds is 8. The molecule has 0 bridgehead atoms. The van der Waals surface area contributed by atoms with Crippen molar-refractivity contribution in [3.63, 3.8) is 0 Å². The Morgan fingerprint density at radius 2 is 1.91 bits per heavy atom. The first-order valence-electron chi connectivity index (χ1n) is 11.2. The van der Waals surface area contributed by atoms with E-state index in [1.54, 1.807) is 7.05 Å². The highest BCUT2D eigenvalue weighted by Crippen LogP contribution is 2.21. The van der Waals surface area contributed by atoms with Gasteiger partial charge in [-0.15, -0.1) is 0 Å². The second-order valence-corrected chi connectivity index (χ2v) is 7.88. The molecule has 0 amide bonds. The van der Waals surface area contributed by atoms with Crippen LogP contribution in [0.5, 0.6) is 0 Å². The number of nitrogens with zero attached hydrogens (tertiary/aromatic N) is 4. The summed E-state index contributed by atoms with van der Waals surface area (Å²) >= 11 is 0. The predicted molar refractivity (Wildman–Crippen MR) is 125 cm³/mol. The van der Waals surface area contributed by atoms with Crippen molar-refractivity contribution < 1.29 is 9.13 Å². The fourth-order valence-electron chi connectivity index (χ4n) is 4.09. The summed E-state index contributed by atoms with van der Waals surface area (Å²) in [5, 5.41) is 6.85. The molecule has 0 saturated carbocycles. The Morgan fingerprint density at radius 1 is 1.12 bits per heavy atom. The largest absolute Gasteiger partial charge is 0.379 e. The fourth-order valence-corrected chi connectivity index (χ4v) is 4.09. The molecule has 0 aliphatic carbocycles. The fraction of sp³-hybridized carbons (Fsp3) is 0.417. The van der Waals surface area contributed by atoms with Gasteiger partial charge in [0.2, 0.25) is 0 Å². The Kier molecular flexibility index (Phi) is 7.68. The maximum Gasteiger partial charge on any atom is 0.191 e. The maximum atomic E-state index is 13.4. The van der Waals surface area contributed by atoms with Gasteiger partial charge in [0.15, 0.2) is 5.96 Å². The van der Waals surface area contributed by atoms with E-state index in [4.69, 9.17) is 4.74 Å². The van der Waals surface area contributed by atoms with Crippen LogP contribution in [0.25, 0.3) is 11.0 Å². The normalized spacial score (nSPS) is 16.2. The molecular formula is C24H31FN6O. The Morgan fingerprint density at radius 3 is 2.69 bits per heavy atom. The number of nitrogens with one attached hydrogen (secondary N) is 2. The summed E-state index contributed by atoms with van der Waals surface area (Å²) in [4.78, 5) is 11.2. The molecule has 4 rings (SSSR count). The zero-order chi connectivity index (χ0) is 22.2. The number of hydrogen-bond donors (Lipinski definition) is 2. The molecule has 1 aliphatic rings. The number of fused-ring (bicyclic) bond motifs is 1. The second kappa shape index (κ2) is 11.1. The molecule has 2 heterocycles. The molecule has 1 aliphatic heterocycles. The average molecular weight is 439 g/mol. The molecule has 1 saturated heterocycles. The lowest BCUT2D eigenvalue weighted by Crippen LogP contribution is -2.46. The van der Waals surface area contributed by atoms with Gasteiger partial charge in [0.05, 0.1) is 36.6 Å². The van der Waals surface area contributed by atoms with E-state index in [1.165, 1.54) is 12.1 Å².